The van der Waals surface area contributed by atoms with Crippen molar-refractivity contribution >= 4 is 0 Å². The normalized spacial score (nSPS) is 36.9. The molecule has 0 aromatic heterocycles. The lowest BCUT2D eigenvalue weighted by Gasteiger charge is -2.39. The van der Waals surface area contributed by atoms with E-state index in [0.29, 0.717) is 6.04 Å². The summed E-state index contributed by atoms with van der Waals surface area (Å²) in [6.45, 7) is 6.59. The maximum absolute atomic E-state index is 6.32. The molecule has 21 heavy (non-hydrogen) atoms. The van der Waals surface area contributed by atoms with Crippen LogP contribution in [0.3, 0.4) is 0 Å². The van der Waals surface area contributed by atoms with E-state index >= 15 is 0 Å². The zero-order valence-corrected chi connectivity index (χ0v) is 13.4. The molecule has 120 valence electrons. The van der Waals surface area contributed by atoms with Crippen molar-refractivity contribution in [1.82, 2.24) is 9.80 Å². The van der Waals surface area contributed by atoms with Crippen LogP contribution >= 0.6 is 0 Å². The molecule has 1 spiro atoms. The molecule has 4 rings (SSSR count). The summed E-state index contributed by atoms with van der Waals surface area (Å²) >= 11 is 0. The molecule has 4 nitrogen and oxygen atoms in total. The van der Waals surface area contributed by atoms with E-state index in [1.165, 1.54) is 58.2 Å². The highest BCUT2D eigenvalue weighted by Crippen LogP contribution is 2.40. The first kappa shape index (κ1) is 14.4. The van der Waals surface area contributed by atoms with Gasteiger partial charge in [-0.05, 0) is 51.5 Å². The first-order valence-corrected chi connectivity index (χ1v) is 8.90. The van der Waals surface area contributed by atoms with E-state index in [4.69, 9.17) is 9.47 Å². The van der Waals surface area contributed by atoms with Crippen molar-refractivity contribution in [2.45, 2.75) is 56.2 Å². The molecule has 4 heteroatoms. The van der Waals surface area contributed by atoms with E-state index < -0.39 is 0 Å². The first-order chi connectivity index (χ1) is 10.2. The SMILES string of the molecule is CN(C1CC1)C1COC2(CCN(CC3CCOC3)CC2)C1. The fourth-order valence-corrected chi connectivity index (χ4v) is 4.45. The van der Waals surface area contributed by atoms with Crippen LogP contribution in [0.1, 0.15) is 38.5 Å². The third-order valence-corrected chi connectivity index (χ3v) is 6.20. The zero-order valence-electron chi connectivity index (χ0n) is 13.4. The Kier molecular flexibility index (Phi) is 3.99. The molecule has 1 aliphatic carbocycles. The van der Waals surface area contributed by atoms with E-state index in [2.05, 4.69) is 16.8 Å². The van der Waals surface area contributed by atoms with E-state index in [0.717, 1.165) is 31.8 Å². The van der Waals surface area contributed by atoms with Crippen molar-refractivity contribution < 1.29 is 9.47 Å². The Morgan fingerprint density at radius 2 is 1.90 bits per heavy atom. The number of piperidine rings is 1. The second-order valence-electron chi connectivity index (χ2n) is 7.78. The molecule has 3 saturated heterocycles. The highest BCUT2D eigenvalue weighted by Gasteiger charge is 2.45. The summed E-state index contributed by atoms with van der Waals surface area (Å²) in [6, 6.07) is 1.53. The number of rotatable bonds is 4. The smallest absolute Gasteiger partial charge is 0.0723 e. The molecule has 2 atom stereocenters. The molecule has 4 aliphatic rings. The molecule has 0 amide bonds. The Morgan fingerprint density at radius 3 is 2.57 bits per heavy atom. The van der Waals surface area contributed by atoms with Crippen molar-refractivity contribution in [2.24, 2.45) is 5.92 Å². The van der Waals surface area contributed by atoms with Crippen molar-refractivity contribution in [2.75, 3.05) is 46.5 Å². The molecule has 0 aromatic rings. The van der Waals surface area contributed by atoms with Gasteiger partial charge in [0.05, 0.1) is 18.8 Å². The molecule has 1 saturated carbocycles. The highest BCUT2D eigenvalue weighted by molar-refractivity contribution is 4.99. The van der Waals surface area contributed by atoms with Gasteiger partial charge in [0.25, 0.3) is 0 Å². The molecule has 0 bridgehead atoms. The molecule has 0 radical (unpaired) electrons. The summed E-state index contributed by atoms with van der Waals surface area (Å²) in [5.41, 5.74) is 0.205. The van der Waals surface area contributed by atoms with Crippen LogP contribution in [0.25, 0.3) is 0 Å². The minimum absolute atomic E-state index is 0.205. The Hall–Kier alpha value is -0.160. The van der Waals surface area contributed by atoms with Gasteiger partial charge < -0.3 is 14.4 Å². The van der Waals surface area contributed by atoms with Gasteiger partial charge in [-0.2, -0.15) is 0 Å². The van der Waals surface area contributed by atoms with Crippen LogP contribution < -0.4 is 0 Å². The zero-order chi connectivity index (χ0) is 14.3. The summed E-state index contributed by atoms with van der Waals surface area (Å²) in [5, 5.41) is 0. The van der Waals surface area contributed by atoms with Crippen molar-refractivity contribution in [3.05, 3.63) is 0 Å². The van der Waals surface area contributed by atoms with Crippen LogP contribution in [0, 0.1) is 5.92 Å². The number of likely N-dealkylation sites (N-methyl/N-ethyl adjacent to an activating group) is 1. The lowest BCUT2D eigenvalue weighted by Crippen LogP contribution is -2.46. The lowest BCUT2D eigenvalue weighted by atomic mass is 9.86. The van der Waals surface area contributed by atoms with Crippen LogP contribution in [0.4, 0.5) is 0 Å². The van der Waals surface area contributed by atoms with Gasteiger partial charge in [0.2, 0.25) is 0 Å². The van der Waals surface area contributed by atoms with Crippen LogP contribution in [0.5, 0.6) is 0 Å². The van der Waals surface area contributed by atoms with Gasteiger partial charge in [0, 0.05) is 38.3 Å². The standard InChI is InChI=1S/C17H30N2O2/c1-18(15-2-3-15)16-10-17(21-13-16)5-7-19(8-6-17)11-14-4-9-20-12-14/h14-16H,2-13H2,1H3. The van der Waals surface area contributed by atoms with Gasteiger partial charge in [0.1, 0.15) is 0 Å². The topological polar surface area (TPSA) is 24.9 Å². The number of hydrogen-bond acceptors (Lipinski definition) is 4. The third-order valence-electron chi connectivity index (χ3n) is 6.20. The Morgan fingerprint density at radius 1 is 1.10 bits per heavy atom. The van der Waals surface area contributed by atoms with Crippen LogP contribution in [-0.4, -0.2) is 74.0 Å². The fraction of sp³-hybridized carbons (Fsp3) is 1.00. The molecular weight excluding hydrogens is 264 g/mol. The molecule has 3 aliphatic heterocycles. The monoisotopic (exact) mass is 294 g/mol. The number of hydrogen-bond donors (Lipinski definition) is 0. The van der Waals surface area contributed by atoms with E-state index in [1.54, 1.807) is 0 Å². The van der Waals surface area contributed by atoms with Gasteiger partial charge >= 0.3 is 0 Å². The maximum Gasteiger partial charge on any atom is 0.0723 e. The average molecular weight is 294 g/mol. The van der Waals surface area contributed by atoms with Gasteiger partial charge in [-0.3, -0.25) is 4.90 Å². The predicted octanol–water partition coefficient (Wildman–Crippen LogP) is 1.74. The summed E-state index contributed by atoms with van der Waals surface area (Å²) in [4.78, 5) is 5.24. The lowest BCUT2D eigenvalue weighted by molar-refractivity contribution is -0.0460. The number of ether oxygens (including phenoxy) is 2. The Balaban J connectivity index is 1.26. The van der Waals surface area contributed by atoms with Gasteiger partial charge in [0.15, 0.2) is 0 Å². The number of nitrogens with zero attached hydrogens (tertiary/aromatic N) is 2. The maximum atomic E-state index is 6.32. The Bertz CT molecular complexity index is 358. The van der Waals surface area contributed by atoms with Crippen molar-refractivity contribution in [3.63, 3.8) is 0 Å². The van der Waals surface area contributed by atoms with Crippen LogP contribution in [0.15, 0.2) is 0 Å². The second-order valence-corrected chi connectivity index (χ2v) is 7.78. The molecular formula is C17H30N2O2. The largest absolute Gasteiger partial charge is 0.381 e. The summed E-state index contributed by atoms with van der Waals surface area (Å²) in [7, 11) is 2.31. The van der Waals surface area contributed by atoms with Gasteiger partial charge in [-0.25, -0.2) is 0 Å². The van der Waals surface area contributed by atoms with Crippen LogP contribution in [-0.2, 0) is 9.47 Å². The predicted molar refractivity (Wildman–Crippen MR) is 82.5 cm³/mol. The van der Waals surface area contributed by atoms with E-state index in [9.17, 15) is 0 Å². The van der Waals surface area contributed by atoms with Gasteiger partial charge in [-0.15, -0.1) is 0 Å². The third kappa shape index (κ3) is 3.14. The van der Waals surface area contributed by atoms with Crippen molar-refractivity contribution in [1.29, 1.82) is 0 Å². The quantitative estimate of drug-likeness (QED) is 0.788. The molecule has 3 heterocycles. The highest BCUT2D eigenvalue weighted by atomic mass is 16.5. The summed E-state index contributed by atoms with van der Waals surface area (Å²) in [6.07, 6.45) is 7.78. The van der Waals surface area contributed by atoms with Crippen molar-refractivity contribution in [3.8, 4) is 0 Å². The molecule has 2 unspecified atom stereocenters. The minimum atomic E-state index is 0.205. The second kappa shape index (κ2) is 5.80. The van der Waals surface area contributed by atoms with E-state index in [1.807, 2.05) is 0 Å². The minimum Gasteiger partial charge on any atom is -0.381 e. The fourth-order valence-electron chi connectivity index (χ4n) is 4.45. The first-order valence-electron chi connectivity index (χ1n) is 8.90. The van der Waals surface area contributed by atoms with Gasteiger partial charge in [-0.1, -0.05) is 0 Å². The number of likely N-dealkylation sites (tertiary alicyclic amines) is 1. The van der Waals surface area contributed by atoms with Crippen LogP contribution in [0.2, 0.25) is 0 Å². The molecule has 4 fully saturated rings. The average Bonchev–Trinajstić information content (AvgIpc) is 3.08. The molecule has 0 N–H and O–H groups in total. The van der Waals surface area contributed by atoms with E-state index in [-0.39, 0.29) is 5.60 Å². The molecule has 0 aromatic carbocycles. The Labute approximate surface area is 128 Å². The summed E-state index contributed by atoms with van der Waals surface area (Å²) in [5.74, 6) is 0.775. The summed E-state index contributed by atoms with van der Waals surface area (Å²) < 4.78 is 11.8.